The monoisotopic (exact) mass is 845 g/mol. The van der Waals surface area contributed by atoms with E-state index in [4.69, 9.17) is 10.7 Å². The normalized spacial score (nSPS) is 20.1. The van der Waals surface area contributed by atoms with Crippen LogP contribution in [0.1, 0.15) is 101 Å². The van der Waals surface area contributed by atoms with Crippen LogP contribution in [0.25, 0.3) is 0 Å². The van der Waals surface area contributed by atoms with Gasteiger partial charge >= 0.3 is 6.18 Å². The average Bonchev–Trinajstić information content (AvgIpc) is 3.45. The summed E-state index contributed by atoms with van der Waals surface area (Å²) in [6.07, 6.45) is -1.33. The van der Waals surface area contributed by atoms with Crippen LogP contribution >= 0.6 is 0 Å². The number of piperazine rings is 1. The first-order chi connectivity index (χ1) is 28.7. The number of aromatic nitrogens is 1. The van der Waals surface area contributed by atoms with Gasteiger partial charge in [0.1, 0.15) is 17.4 Å². The largest absolute Gasteiger partial charge is 0.433 e. The smallest absolute Gasteiger partial charge is 0.398 e. The molecule has 7 rings (SSSR count). The molecule has 324 valence electrons. The third-order valence-electron chi connectivity index (χ3n) is 11.9. The van der Waals surface area contributed by atoms with Crippen molar-refractivity contribution in [2.75, 3.05) is 61.8 Å². The fourth-order valence-electron chi connectivity index (χ4n) is 8.55. The molecular formula is C43H50F3N9O6. The van der Waals surface area contributed by atoms with Crippen molar-refractivity contribution in [3.05, 3.63) is 82.2 Å². The number of amides is 5. The summed E-state index contributed by atoms with van der Waals surface area (Å²) in [5.41, 5.74) is 5.73. The fraction of sp³-hybridized carbons (Fsp3) is 0.465. The third-order valence-corrected chi connectivity index (χ3v) is 11.9. The summed E-state index contributed by atoms with van der Waals surface area (Å²) < 4.78 is 39.8. The van der Waals surface area contributed by atoms with E-state index in [1.54, 1.807) is 24.4 Å². The summed E-state index contributed by atoms with van der Waals surface area (Å²) >= 11 is 0. The third kappa shape index (κ3) is 9.30. The number of nitrogens with zero attached hydrogens (tertiary/aromatic N) is 6. The van der Waals surface area contributed by atoms with Gasteiger partial charge in [-0.05, 0) is 89.4 Å². The van der Waals surface area contributed by atoms with E-state index in [0.717, 1.165) is 68.3 Å². The Labute approximate surface area is 351 Å². The summed E-state index contributed by atoms with van der Waals surface area (Å²) in [6, 6.07) is 10.3. The molecule has 18 heteroatoms. The lowest BCUT2D eigenvalue weighted by atomic mass is 9.94. The molecule has 3 saturated heterocycles. The van der Waals surface area contributed by atoms with Gasteiger partial charge in [0.25, 0.3) is 17.7 Å². The molecule has 2 aromatic carbocycles. The zero-order valence-corrected chi connectivity index (χ0v) is 34.5. The number of nitrogens with one attached hydrogen (secondary N) is 2. The van der Waals surface area contributed by atoms with Gasteiger partial charge in [-0.25, -0.2) is 4.98 Å². The first-order valence-electron chi connectivity index (χ1n) is 20.3. The van der Waals surface area contributed by atoms with Crippen LogP contribution in [0.15, 0.2) is 53.5 Å². The van der Waals surface area contributed by atoms with Gasteiger partial charge < -0.3 is 26.0 Å². The summed E-state index contributed by atoms with van der Waals surface area (Å²) in [7, 11) is 0. The standard InChI is InChI=1S/C43H50F3N9O6/c1-41(2,54-18-16-53(17-19-54)27-8-9-28-29(21-27)40(60)55(39(28)59)34-10-11-36(56)51-38(34)58)24-52-14-12-26(13-15-52)48-23-25-20-33(30(22-31(25)47)42(3,4)61)50-37(57)32-6-5-7-35(49-32)43(44,45)46/h5-9,20-23,26,34,61H,10-19,24,47H2,1-4H3,(H,50,57)(H,51,56,58). The Balaban J connectivity index is 0.926. The van der Waals surface area contributed by atoms with Gasteiger partial charge in [0.2, 0.25) is 11.8 Å². The molecule has 15 nitrogen and oxygen atoms in total. The number of rotatable bonds is 10. The van der Waals surface area contributed by atoms with Crippen molar-refractivity contribution in [3.63, 3.8) is 0 Å². The molecule has 4 aliphatic heterocycles. The van der Waals surface area contributed by atoms with Gasteiger partial charge in [-0.1, -0.05) is 6.07 Å². The van der Waals surface area contributed by atoms with Gasteiger partial charge in [0.15, 0.2) is 0 Å². The quantitative estimate of drug-likeness (QED) is 0.131. The molecule has 3 aromatic rings. The highest BCUT2D eigenvalue weighted by Crippen LogP contribution is 2.34. The average molecular weight is 846 g/mol. The van der Waals surface area contributed by atoms with Crippen LogP contribution in [-0.2, 0) is 21.4 Å². The van der Waals surface area contributed by atoms with Crippen LogP contribution in [0.4, 0.5) is 30.2 Å². The number of aliphatic hydroxyl groups is 1. The molecule has 0 spiro atoms. The number of imide groups is 2. The molecule has 5 N–H and O–H groups in total. The molecule has 61 heavy (non-hydrogen) atoms. The van der Waals surface area contributed by atoms with Gasteiger partial charge in [0, 0.05) is 92.2 Å². The van der Waals surface area contributed by atoms with Crippen LogP contribution in [0.2, 0.25) is 0 Å². The second kappa shape index (κ2) is 16.6. The van der Waals surface area contributed by atoms with Crippen LogP contribution in [0, 0.1) is 0 Å². The SMILES string of the molecule is CC(C)(O)c1cc(N)c(C=NC2CCN(CC(C)(C)N3CCN(c4ccc5c(c4)C(=O)N(C4CCC(=O)NC4=O)C5=O)CC3)CC2)cc1NC(=O)c1cccc(C(F)(F)F)n1. The Morgan fingerprint density at radius 1 is 0.934 bits per heavy atom. The van der Waals surface area contributed by atoms with E-state index < -0.39 is 58.7 Å². The first kappa shape index (κ1) is 43.4. The van der Waals surface area contributed by atoms with Crippen LogP contribution in [-0.4, -0.2) is 124 Å². The highest BCUT2D eigenvalue weighted by atomic mass is 19.4. The summed E-state index contributed by atoms with van der Waals surface area (Å²) in [4.78, 5) is 80.1. The Morgan fingerprint density at radius 2 is 1.62 bits per heavy atom. The number of benzene rings is 2. The summed E-state index contributed by atoms with van der Waals surface area (Å²) in [5, 5.41) is 15.7. The number of piperidine rings is 2. The number of likely N-dealkylation sites (tertiary alicyclic amines) is 1. The van der Waals surface area contributed by atoms with E-state index in [0.29, 0.717) is 24.3 Å². The molecule has 0 bridgehead atoms. The van der Waals surface area contributed by atoms with E-state index in [1.165, 1.54) is 26.0 Å². The zero-order valence-electron chi connectivity index (χ0n) is 34.5. The number of aliphatic imine (C=N–C) groups is 1. The van der Waals surface area contributed by atoms with Gasteiger partial charge in [-0.2, -0.15) is 13.2 Å². The second-order valence-electron chi connectivity index (χ2n) is 17.2. The van der Waals surface area contributed by atoms with Gasteiger partial charge in [-0.3, -0.25) is 44.1 Å². The molecule has 5 amide bonds. The van der Waals surface area contributed by atoms with Crippen molar-refractivity contribution in [2.45, 2.75) is 82.8 Å². The van der Waals surface area contributed by atoms with Crippen LogP contribution in [0.5, 0.6) is 0 Å². The maximum atomic E-state index is 13.4. The Morgan fingerprint density at radius 3 is 2.28 bits per heavy atom. The minimum atomic E-state index is -4.72. The van der Waals surface area contributed by atoms with E-state index in [-0.39, 0.29) is 46.8 Å². The second-order valence-corrected chi connectivity index (χ2v) is 17.2. The lowest BCUT2D eigenvalue weighted by molar-refractivity contribution is -0.141. The number of nitrogen functional groups attached to an aromatic ring is 1. The maximum absolute atomic E-state index is 13.4. The van der Waals surface area contributed by atoms with Gasteiger partial charge in [0.05, 0.1) is 22.8 Å². The molecule has 1 atom stereocenters. The van der Waals surface area contributed by atoms with Crippen molar-refractivity contribution in [2.24, 2.45) is 4.99 Å². The van der Waals surface area contributed by atoms with E-state index in [1.807, 2.05) is 6.07 Å². The number of carbonyl (C=O) groups is 5. The van der Waals surface area contributed by atoms with E-state index in [9.17, 15) is 42.3 Å². The van der Waals surface area contributed by atoms with Crippen molar-refractivity contribution in [1.29, 1.82) is 0 Å². The van der Waals surface area contributed by atoms with Crippen molar-refractivity contribution < 1.29 is 42.3 Å². The molecule has 0 aliphatic carbocycles. The summed E-state index contributed by atoms with van der Waals surface area (Å²) in [6.45, 7) is 13.0. The number of alkyl halides is 3. The fourth-order valence-corrected chi connectivity index (χ4v) is 8.55. The number of pyridine rings is 1. The van der Waals surface area contributed by atoms with Crippen LogP contribution < -0.4 is 21.3 Å². The van der Waals surface area contributed by atoms with E-state index >= 15 is 0 Å². The molecule has 5 heterocycles. The number of nitrogens with two attached hydrogens (primary N) is 1. The predicted molar refractivity (Wildman–Crippen MR) is 221 cm³/mol. The van der Waals surface area contributed by atoms with Gasteiger partial charge in [-0.15, -0.1) is 0 Å². The maximum Gasteiger partial charge on any atom is 0.433 e. The Kier molecular flexibility index (Phi) is 11.8. The topological polar surface area (TPSA) is 194 Å². The Bertz CT molecular complexity index is 2280. The Hall–Kier alpha value is -5.72. The van der Waals surface area contributed by atoms with E-state index in [2.05, 4.69) is 44.2 Å². The molecule has 1 unspecified atom stereocenters. The number of hydrogen-bond donors (Lipinski definition) is 4. The first-order valence-corrected chi connectivity index (χ1v) is 20.3. The van der Waals surface area contributed by atoms with Crippen molar-refractivity contribution in [1.82, 2.24) is 25.0 Å². The lowest BCUT2D eigenvalue weighted by Crippen LogP contribution is -2.59. The minimum absolute atomic E-state index is 0.00853. The zero-order chi connectivity index (χ0) is 44.0. The molecule has 1 aromatic heterocycles. The molecule has 4 aliphatic rings. The molecule has 3 fully saturated rings. The highest BCUT2D eigenvalue weighted by molar-refractivity contribution is 6.23. The highest BCUT2D eigenvalue weighted by Gasteiger charge is 2.45. The number of halogens is 3. The number of anilines is 3. The predicted octanol–water partition coefficient (Wildman–Crippen LogP) is 4.05. The van der Waals surface area contributed by atoms with Crippen molar-refractivity contribution in [3.8, 4) is 0 Å². The number of hydrogen-bond acceptors (Lipinski definition) is 12. The number of fused-ring (bicyclic) bond motifs is 1. The number of carbonyl (C=O) groups excluding carboxylic acids is 5. The summed E-state index contributed by atoms with van der Waals surface area (Å²) in [5.74, 6) is -2.98. The molecular weight excluding hydrogens is 796 g/mol. The van der Waals surface area contributed by atoms with Crippen LogP contribution in [0.3, 0.4) is 0 Å². The molecule has 0 radical (unpaired) electrons. The minimum Gasteiger partial charge on any atom is -0.398 e. The molecule has 0 saturated carbocycles. The lowest BCUT2D eigenvalue weighted by Gasteiger charge is -2.47. The van der Waals surface area contributed by atoms with Crippen molar-refractivity contribution >= 4 is 52.8 Å².